The highest BCUT2D eigenvalue weighted by Gasteiger charge is 2.38. The zero-order valence-electron chi connectivity index (χ0n) is 19.4. The highest BCUT2D eigenvalue weighted by atomic mass is 35.5. The van der Waals surface area contributed by atoms with Crippen molar-refractivity contribution in [2.45, 2.75) is 63.0 Å². The summed E-state index contributed by atoms with van der Waals surface area (Å²) in [6.45, 7) is 6.60. The molecule has 3 aliphatic rings. The Bertz CT molecular complexity index is 907. The number of halogens is 2. The van der Waals surface area contributed by atoms with Crippen LogP contribution in [0.2, 0.25) is 10.0 Å². The van der Waals surface area contributed by atoms with Gasteiger partial charge >= 0.3 is 0 Å². The molecule has 6 heteroatoms. The molecule has 0 radical (unpaired) electrons. The second-order valence-corrected chi connectivity index (χ2v) is 12.4. The normalized spacial score (nSPS) is 26.9. The Balaban J connectivity index is 1.19. The molecule has 180 valence electrons. The van der Waals surface area contributed by atoms with Crippen LogP contribution in [0, 0.1) is 11.8 Å². The molecule has 33 heavy (non-hydrogen) atoms. The molecule has 3 fully saturated rings. The van der Waals surface area contributed by atoms with Gasteiger partial charge in [-0.2, -0.15) is 11.3 Å². The number of aliphatic hydroxyl groups is 1. The van der Waals surface area contributed by atoms with Crippen LogP contribution in [0.4, 0.5) is 0 Å². The van der Waals surface area contributed by atoms with Gasteiger partial charge in [0.15, 0.2) is 0 Å². The second-order valence-electron chi connectivity index (χ2n) is 10.7. The van der Waals surface area contributed by atoms with Crippen LogP contribution in [-0.2, 0) is 6.54 Å². The summed E-state index contributed by atoms with van der Waals surface area (Å²) in [5.41, 5.74) is 2.30. The van der Waals surface area contributed by atoms with E-state index in [0.717, 1.165) is 49.5 Å². The van der Waals surface area contributed by atoms with E-state index in [4.69, 9.17) is 23.2 Å². The fraction of sp³-hybridized carbons (Fsp3) is 0.630. The zero-order chi connectivity index (χ0) is 22.8. The lowest BCUT2D eigenvalue weighted by atomic mass is 9.83. The first-order valence-corrected chi connectivity index (χ1v) is 14.3. The third-order valence-electron chi connectivity index (χ3n) is 8.30. The number of likely N-dealkylation sites (tertiary alicyclic amines) is 2. The molecule has 2 aliphatic heterocycles. The van der Waals surface area contributed by atoms with E-state index in [9.17, 15) is 5.11 Å². The lowest BCUT2D eigenvalue weighted by Gasteiger charge is -2.37. The minimum atomic E-state index is -0.355. The molecule has 1 aromatic carbocycles. The number of benzene rings is 1. The van der Waals surface area contributed by atoms with E-state index in [1.54, 1.807) is 0 Å². The van der Waals surface area contributed by atoms with Gasteiger partial charge in [0.25, 0.3) is 0 Å². The molecular weight excluding hydrogens is 471 g/mol. The molecule has 2 unspecified atom stereocenters. The quantitative estimate of drug-likeness (QED) is 0.453. The Kier molecular flexibility index (Phi) is 7.71. The first-order chi connectivity index (χ1) is 16.0. The second kappa shape index (κ2) is 10.6. The van der Waals surface area contributed by atoms with E-state index in [2.05, 4.69) is 32.7 Å². The Morgan fingerprint density at radius 1 is 1.03 bits per heavy atom. The lowest BCUT2D eigenvalue weighted by Crippen LogP contribution is -2.40. The molecule has 2 saturated heterocycles. The Morgan fingerprint density at radius 2 is 1.82 bits per heavy atom. The molecule has 2 aromatic rings. The predicted octanol–water partition coefficient (Wildman–Crippen LogP) is 6.68. The number of piperidine rings is 1. The molecule has 5 rings (SSSR count). The van der Waals surface area contributed by atoms with Gasteiger partial charge in [-0.1, -0.05) is 42.1 Å². The summed E-state index contributed by atoms with van der Waals surface area (Å²) in [5, 5.41) is 16.8. The first-order valence-electron chi connectivity index (χ1n) is 12.6. The van der Waals surface area contributed by atoms with Crippen molar-refractivity contribution in [3.8, 4) is 0 Å². The molecule has 1 N–H and O–H groups in total. The van der Waals surface area contributed by atoms with E-state index in [0.29, 0.717) is 22.8 Å². The molecule has 0 spiro atoms. The van der Waals surface area contributed by atoms with Gasteiger partial charge in [-0.15, -0.1) is 0 Å². The van der Waals surface area contributed by atoms with Crippen molar-refractivity contribution in [1.29, 1.82) is 0 Å². The van der Waals surface area contributed by atoms with E-state index in [1.165, 1.54) is 50.9 Å². The molecule has 1 aromatic heterocycles. The summed E-state index contributed by atoms with van der Waals surface area (Å²) in [7, 11) is 0. The molecule has 2 atom stereocenters. The van der Waals surface area contributed by atoms with E-state index in [-0.39, 0.29) is 5.60 Å². The molecule has 1 saturated carbocycles. The van der Waals surface area contributed by atoms with Gasteiger partial charge in [-0.25, -0.2) is 0 Å². The molecular formula is C27H36Cl2N2OS. The predicted molar refractivity (Wildman–Crippen MR) is 139 cm³/mol. The van der Waals surface area contributed by atoms with E-state index in [1.807, 2.05) is 23.5 Å². The highest BCUT2D eigenvalue weighted by molar-refractivity contribution is 7.08. The number of hydrogen-bond donors (Lipinski definition) is 1. The molecule has 3 heterocycles. The average molecular weight is 508 g/mol. The van der Waals surface area contributed by atoms with Crippen LogP contribution >= 0.6 is 34.5 Å². The third-order valence-corrected chi connectivity index (χ3v) is 9.59. The van der Waals surface area contributed by atoms with Crippen LogP contribution in [0.15, 0.2) is 35.0 Å². The fourth-order valence-corrected chi connectivity index (χ4v) is 7.70. The maximum Gasteiger partial charge on any atom is 0.0650 e. The van der Waals surface area contributed by atoms with Crippen LogP contribution in [-0.4, -0.2) is 53.2 Å². The number of hydrogen-bond acceptors (Lipinski definition) is 4. The summed E-state index contributed by atoms with van der Waals surface area (Å²) in [4.78, 5) is 5.27. The van der Waals surface area contributed by atoms with Crippen LogP contribution in [0.1, 0.15) is 62.0 Å². The minimum absolute atomic E-state index is 0.355. The number of nitrogens with zero attached hydrogens (tertiary/aromatic N) is 2. The Morgan fingerprint density at radius 3 is 2.52 bits per heavy atom. The van der Waals surface area contributed by atoms with Crippen LogP contribution in [0.25, 0.3) is 0 Å². The van der Waals surface area contributed by atoms with Crippen molar-refractivity contribution < 1.29 is 5.11 Å². The number of thiophene rings is 1. The van der Waals surface area contributed by atoms with Gasteiger partial charge < -0.3 is 10.0 Å². The summed E-state index contributed by atoms with van der Waals surface area (Å²) in [6.07, 6.45) is 7.95. The topological polar surface area (TPSA) is 26.7 Å². The maximum absolute atomic E-state index is 10.8. The molecule has 0 bridgehead atoms. The largest absolute Gasteiger partial charge is 0.390 e. The molecule has 1 aliphatic carbocycles. The monoisotopic (exact) mass is 506 g/mol. The minimum Gasteiger partial charge on any atom is -0.390 e. The van der Waals surface area contributed by atoms with Gasteiger partial charge in [-0.3, -0.25) is 4.90 Å². The Labute approximate surface area is 212 Å². The number of rotatable bonds is 7. The highest BCUT2D eigenvalue weighted by Crippen LogP contribution is 2.39. The first kappa shape index (κ1) is 24.1. The smallest absolute Gasteiger partial charge is 0.0650 e. The summed E-state index contributed by atoms with van der Waals surface area (Å²) in [6, 6.07) is 8.18. The standard InChI is InChI=1S/C27H36Cl2N2OS/c28-24-4-3-21(26(29)13-24)15-31-17-23(25(18-31)22-7-12-33-19-22)16-30-10-5-20(6-11-30)14-27(32)8-1-2-9-27/h3-4,7,12-13,19-20,23,25,32H,1-2,5-6,8-11,14-18H2. The van der Waals surface area contributed by atoms with Gasteiger partial charge in [0, 0.05) is 42.1 Å². The van der Waals surface area contributed by atoms with Crippen LogP contribution in [0.5, 0.6) is 0 Å². The third kappa shape index (κ3) is 5.97. The van der Waals surface area contributed by atoms with Crippen molar-refractivity contribution in [3.63, 3.8) is 0 Å². The Hall–Kier alpha value is -0.620. The fourth-order valence-electron chi connectivity index (χ4n) is 6.51. The summed E-state index contributed by atoms with van der Waals surface area (Å²) in [5.74, 6) is 1.92. The molecule has 3 nitrogen and oxygen atoms in total. The zero-order valence-corrected chi connectivity index (χ0v) is 21.7. The van der Waals surface area contributed by atoms with Gasteiger partial charge in [0.2, 0.25) is 0 Å². The van der Waals surface area contributed by atoms with Crippen molar-refractivity contribution in [2.75, 3.05) is 32.7 Å². The lowest BCUT2D eigenvalue weighted by molar-refractivity contribution is 0.00978. The van der Waals surface area contributed by atoms with Gasteiger partial charge in [0.1, 0.15) is 0 Å². The SMILES string of the molecule is OC1(CC2CCN(CC3CN(Cc4ccc(Cl)cc4Cl)CC3c3ccsc3)CC2)CCCC1. The van der Waals surface area contributed by atoms with Gasteiger partial charge in [0.05, 0.1) is 5.60 Å². The van der Waals surface area contributed by atoms with Crippen molar-refractivity contribution in [3.05, 3.63) is 56.2 Å². The maximum atomic E-state index is 10.8. The van der Waals surface area contributed by atoms with Gasteiger partial charge in [-0.05, 0) is 97.1 Å². The van der Waals surface area contributed by atoms with Crippen molar-refractivity contribution in [1.82, 2.24) is 9.80 Å². The molecule has 0 amide bonds. The van der Waals surface area contributed by atoms with E-state index < -0.39 is 0 Å². The summed E-state index contributed by atoms with van der Waals surface area (Å²) >= 11 is 14.4. The average Bonchev–Trinajstić information content (AvgIpc) is 3.53. The van der Waals surface area contributed by atoms with Crippen LogP contribution in [0.3, 0.4) is 0 Å². The van der Waals surface area contributed by atoms with Crippen molar-refractivity contribution in [2.24, 2.45) is 11.8 Å². The summed E-state index contributed by atoms with van der Waals surface area (Å²) < 4.78 is 0. The van der Waals surface area contributed by atoms with Crippen molar-refractivity contribution >= 4 is 34.5 Å². The van der Waals surface area contributed by atoms with Crippen LogP contribution < -0.4 is 0 Å². The van der Waals surface area contributed by atoms with E-state index >= 15 is 0 Å².